The Morgan fingerprint density at radius 3 is 2.80 bits per heavy atom. The van der Waals surface area contributed by atoms with Gasteiger partial charge in [-0.3, -0.25) is 9.78 Å². The van der Waals surface area contributed by atoms with Gasteiger partial charge in [0.15, 0.2) is 0 Å². The van der Waals surface area contributed by atoms with Crippen LogP contribution in [0.3, 0.4) is 0 Å². The summed E-state index contributed by atoms with van der Waals surface area (Å²) < 4.78 is 47.0. The number of benzene rings is 1. The first kappa shape index (κ1) is 19.2. The van der Waals surface area contributed by atoms with Crippen LogP contribution < -0.4 is 0 Å². The van der Waals surface area contributed by atoms with Crippen LogP contribution in [-0.2, 0) is 21.4 Å². The number of hydrogen-bond acceptors (Lipinski definition) is 6. The largest absolute Gasteiger partial charge is 0.459 e. The van der Waals surface area contributed by atoms with Gasteiger partial charge in [0, 0.05) is 35.6 Å². The highest BCUT2D eigenvalue weighted by Crippen LogP contribution is 2.32. The fraction of sp³-hybridized carbons (Fsp3) is 0.200. The number of carbonyl (C=O) groups is 1. The second-order valence-electron chi connectivity index (χ2n) is 7.03. The van der Waals surface area contributed by atoms with Crippen LogP contribution in [0.25, 0.3) is 21.1 Å². The lowest BCUT2D eigenvalue weighted by Crippen LogP contribution is -2.51. The van der Waals surface area contributed by atoms with E-state index in [1.165, 1.54) is 22.5 Å². The van der Waals surface area contributed by atoms with Crippen LogP contribution in [0.4, 0.5) is 4.39 Å². The third kappa shape index (κ3) is 3.36. The summed E-state index contributed by atoms with van der Waals surface area (Å²) >= 11 is 1.00. The number of hydrogen-bond donors (Lipinski definition) is 0. The summed E-state index contributed by atoms with van der Waals surface area (Å²) in [6.45, 7) is 0.460. The lowest BCUT2D eigenvalue weighted by Gasteiger charge is -2.32. The summed E-state index contributed by atoms with van der Waals surface area (Å²) in [4.78, 5) is 18.3. The topological polar surface area (TPSA) is 83.7 Å². The van der Waals surface area contributed by atoms with E-state index < -0.39 is 15.8 Å². The van der Waals surface area contributed by atoms with E-state index >= 15 is 0 Å². The smallest absolute Gasteiger partial charge is 0.253 e. The van der Waals surface area contributed by atoms with Crippen molar-refractivity contribution in [3.8, 4) is 0 Å². The number of amides is 1. The van der Waals surface area contributed by atoms with Crippen LogP contribution in [0.1, 0.15) is 5.76 Å². The zero-order valence-corrected chi connectivity index (χ0v) is 17.2. The number of sulfonamides is 1. The Bertz CT molecular complexity index is 1350. The maximum absolute atomic E-state index is 13.4. The SMILES string of the molecule is O=C1CN(S(=O)(=O)c2cc3ccc(F)cc3s2)CCN1Cc1cc2cnccc2o1. The highest BCUT2D eigenvalue weighted by molar-refractivity contribution is 7.91. The van der Waals surface area contributed by atoms with Gasteiger partial charge in [-0.1, -0.05) is 6.07 Å². The summed E-state index contributed by atoms with van der Waals surface area (Å²) in [6, 6.07) is 9.25. The van der Waals surface area contributed by atoms with E-state index in [-0.39, 0.29) is 36.3 Å². The molecule has 7 nitrogen and oxygen atoms in total. The fourth-order valence-corrected chi connectivity index (χ4v) is 6.46. The zero-order valence-electron chi connectivity index (χ0n) is 15.6. The van der Waals surface area contributed by atoms with E-state index in [0.29, 0.717) is 21.4 Å². The molecule has 1 saturated heterocycles. The maximum atomic E-state index is 13.4. The van der Waals surface area contributed by atoms with Crippen molar-refractivity contribution in [2.24, 2.45) is 0 Å². The van der Waals surface area contributed by atoms with Gasteiger partial charge in [0.2, 0.25) is 5.91 Å². The van der Waals surface area contributed by atoms with Crippen molar-refractivity contribution in [1.82, 2.24) is 14.2 Å². The van der Waals surface area contributed by atoms with Crippen molar-refractivity contribution >= 4 is 48.3 Å². The van der Waals surface area contributed by atoms with Crippen molar-refractivity contribution in [1.29, 1.82) is 0 Å². The van der Waals surface area contributed by atoms with Gasteiger partial charge in [-0.25, -0.2) is 12.8 Å². The first-order valence-corrected chi connectivity index (χ1v) is 11.5. The highest BCUT2D eigenvalue weighted by Gasteiger charge is 2.34. The second kappa shape index (κ2) is 7.15. The van der Waals surface area contributed by atoms with Crippen LogP contribution in [0, 0.1) is 5.82 Å². The molecule has 0 radical (unpaired) electrons. The molecule has 1 aliphatic rings. The van der Waals surface area contributed by atoms with Gasteiger partial charge in [-0.15, -0.1) is 11.3 Å². The minimum atomic E-state index is -3.84. The number of furan rings is 1. The maximum Gasteiger partial charge on any atom is 0.253 e. The molecule has 0 aliphatic carbocycles. The minimum Gasteiger partial charge on any atom is -0.459 e. The van der Waals surface area contributed by atoms with Crippen LogP contribution in [0.2, 0.25) is 0 Å². The van der Waals surface area contributed by atoms with Gasteiger partial charge in [-0.2, -0.15) is 4.31 Å². The van der Waals surface area contributed by atoms with Crippen LogP contribution in [0.15, 0.2) is 57.4 Å². The Morgan fingerprint density at radius 1 is 1.13 bits per heavy atom. The summed E-state index contributed by atoms with van der Waals surface area (Å²) in [5, 5.41) is 1.51. The number of carbonyl (C=O) groups excluding carboxylic acids is 1. The number of aromatic nitrogens is 1. The van der Waals surface area contributed by atoms with Crippen molar-refractivity contribution < 1.29 is 22.0 Å². The molecule has 154 valence electrons. The monoisotopic (exact) mass is 445 g/mol. The Morgan fingerprint density at radius 2 is 2.00 bits per heavy atom. The lowest BCUT2D eigenvalue weighted by molar-refractivity contribution is -0.134. The van der Waals surface area contributed by atoms with Gasteiger partial charge >= 0.3 is 0 Å². The summed E-state index contributed by atoms with van der Waals surface area (Å²) in [6.07, 6.45) is 3.32. The first-order chi connectivity index (χ1) is 14.4. The molecule has 0 bridgehead atoms. The predicted octanol–water partition coefficient (Wildman–Crippen LogP) is 3.21. The average molecular weight is 445 g/mol. The summed E-state index contributed by atoms with van der Waals surface area (Å²) in [5.74, 6) is -0.0942. The molecule has 10 heteroatoms. The van der Waals surface area contributed by atoms with E-state index in [4.69, 9.17) is 4.42 Å². The highest BCUT2D eigenvalue weighted by atomic mass is 32.2. The van der Waals surface area contributed by atoms with Gasteiger partial charge in [0.05, 0.1) is 13.1 Å². The Hall–Kier alpha value is -2.82. The molecule has 30 heavy (non-hydrogen) atoms. The van der Waals surface area contributed by atoms with Gasteiger partial charge < -0.3 is 9.32 Å². The number of fused-ring (bicyclic) bond motifs is 2. The van der Waals surface area contributed by atoms with Crippen LogP contribution in [-0.4, -0.2) is 48.1 Å². The lowest BCUT2D eigenvalue weighted by atomic mass is 10.3. The molecule has 4 heterocycles. The van der Waals surface area contributed by atoms with E-state index in [9.17, 15) is 17.6 Å². The molecule has 0 spiro atoms. The average Bonchev–Trinajstić information content (AvgIpc) is 3.32. The van der Waals surface area contributed by atoms with Crippen LogP contribution >= 0.6 is 11.3 Å². The van der Waals surface area contributed by atoms with Gasteiger partial charge in [0.1, 0.15) is 21.4 Å². The van der Waals surface area contributed by atoms with Crippen molar-refractivity contribution in [3.63, 3.8) is 0 Å². The molecule has 1 amide bonds. The third-order valence-electron chi connectivity index (χ3n) is 5.05. The number of rotatable bonds is 4. The predicted molar refractivity (Wildman–Crippen MR) is 110 cm³/mol. The minimum absolute atomic E-state index is 0.106. The van der Waals surface area contributed by atoms with E-state index in [2.05, 4.69) is 4.98 Å². The molecular weight excluding hydrogens is 429 g/mol. The molecule has 4 aromatic rings. The molecule has 3 aromatic heterocycles. The van der Waals surface area contributed by atoms with Gasteiger partial charge in [-0.05, 0) is 35.7 Å². The van der Waals surface area contributed by atoms with E-state index in [0.717, 1.165) is 16.7 Å². The quantitative estimate of drug-likeness (QED) is 0.482. The Kier molecular flexibility index (Phi) is 4.57. The van der Waals surface area contributed by atoms with Crippen molar-refractivity contribution in [2.75, 3.05) is 19.6 Å². The standard InChI is InChI=1S/C20H16FN3O4S2/c21-15-2-1-13-8-20(29-18(13)9-15)30(26,27)24-6-5-23(19(25)12-24)11-16-7-14-10-22-4-3-17(14)28-16/h1-4,7-10H,5-6,11-12H2. The molecule has 0 saturated carbocycles. The molecule has 0 N–H and O–H groups in total. The number of nitrogens with zero attached hydrogens (tertiary/aromatic N) is 3. The molecule has 1 aliphatic heterocycles. The molecule has 0 atom stereocenters. The second-order valence-corrected chi connectivity index (χ2v) is 10.3. The van der Waals surface area contributed by atoms with Gasteiger partial charge in [0.25, 0.3) is 10.0 Å². The van der Waals surface area contributed by atoms with Crippen molar-refractivity contribution in [2.45, 2.75) is 10.8 Å². The summed E-state index contributed by atoms with van der Waals surface area (Å²) in [7, 11) is -3.84. The third-order valence-corrected chi connectivity index (χ3v) is 8.44. The molecule has 0 unspecified atom stereocenters. The van der Waals surface area contributed by atoms with E-state index in [1.807, 2.05) is 6.07 Å². The number of halogens is 1. The summed E-state index contributed by atoms with van der Waals surface area (Å²) in [5.41, 5.74) is 0.690. The molecular formula is C20H16FN3O4S2. The van der Waals surface area contributed by atoms with Crippen LogP contribution in [0.5, 0.6) is 0 Å². The Labute approximate surface area is 175 Å². The Balaban J connectivity index is 1.33. The number of piperazine rings is 1. The number of thiophene rings is 1. The number of pyridine rings is 1. The normalized spacial score (nSPS) is 16.0. The molecule has 5 rings (SSSR count). The fourth-order valence-electron chi connectivity index (χ4n) is 3.50. The van der Waals surface area contributed by atoms with E-state index in [1.54, 1.807) is 29.4 Å². The zero-order chi connectivity index (χ0) is 20.9. The molecule has 1 fully saturated rings. The molecule has 1 aromatic carbocycles. The first-order valence-electron chi connectivity index (χ1n) is 9.20. The van der Waals surface area contributed by atoms with Crippen molar-refractivity contribution in [3.05, 3.63) is 60.4 Å².